The van der Waals surface area contributed by atoms with Gasteiger partial charge in [0.2, 0.25) is 5.91 Å². The first-order valence-electron chi connectivity index (χ1n) is 7.88. The molecule has 0 aromatic carbocycles. The third-order valence-electron chi connectivity index (χ3n) is 4.53. The Labute approximate surface area is 116 Å². The minimum atomic E-state index is 0.0278. The summed E-state index contributed by atoms with van der Waals surface area (Å²) in [6.07, 6.45) is 5.88. The number of likely N-dealkylation sites (N-methyl/N-ethyl adjacent to an activating group) is 1. The van der Waals surface area contributed by atoms with Crippen LogP contribution in [-0.2, 0) is 9.53 Å². The summed E-state index contributed by atoms with van der Waals surface area (Å²) in [6.45, 7) is 7.68. The minimum Gasteiger partial charge on any atom is -0.376 e. The zero-order chi connectivity index (χ0) is 13.7. The standard InChI is InChI=1S/C15H28N2O2/c1-3-12-7-8-16-14(10-12)15(18)17(4-2)11-13-6-5-9-19-13/h12-14,16H,3-11H2,1-2H3. The van der Waals surface area contributed by atoms with Gasteiger partial charge in [-0.25, -0.2) is 0 Å². The van der Waals surface area contributed by atoms with Gasteiger partial charge in [0.25, 0.3) is 0 Å². The van der Waals surface area contributed by atoms with E-state index < -0.39 is 0 Å². The highest BCUT2D eigenvalue weighted by Gasteiger charge is 2.30. The van der Waals surface area contributed by atoms with Crippen molar-refractivity contribution in [2.75, 3.05) is 26.2 Å². The number of rotatable bonds is 5. The Hall–Kier alpha value is -0.610. The normalized spacial score (nSPS) is 31.4. The monoisotopic (exact) mass is 268 g/mol. The van der Waals surface area contributed by atoms with Crippen molar-refractivity contribution in [3.05, 3.63) is 0 Å². The van der Waals surface area contributed by atoms with Crippen LogP contribution < -0.4 is 5.32 Å². The van der Waals surface area contributed by atoms with Gasteiger partial charge >= 0.3 is 0 Å². The molecule has 0 bridgehead atoms. The average molecular weight is 268 g/mol. The number of hydrogen-bond donors (Lipinski definition) is 1. The van der Waals surface area contributed by atoms with Crippen LogP contribution in [0.2, 0.25) is 0 Å². The summed E-state index contributed by atoms with van der Waals surface area (Å²) in [5.74, 6) is 0.979. The Morgan fingerprint density at radius 1 is 1.37 bits per heavy atom. The molecule has 3 unspecified atom stereocenters. The number of carbonyl (C=O) groups is 1. The van der Waals surface area contributed by atoms with E-state index in [-0.39, 0.29) is 18.1 Å². The molecular weight excluding hydrogens is 240 g/mol. The maximum absolute atomic E-state index is 12.6. The number of nitrogens with one attached hydrogen (secondary N) is 1. The molecular formula is C15H28N2O2. The zero-order valence-electron chi connectivity index (χ0n) is 12.4. The van der Waals surface area contributed by atoms with E-state index in [9.17, 15) is 4.79 Å². The third kappa shape index (κ3) is 3.93. The molecule has 0 saturated carbocycles. The Morgan fingerprint density at radius 2 is 2.21 bits per heavy atom. The molecule has 0 aromatic rings. The summed E-state index contributed by atoms with van der Waals surface area (Å²) < 4.78 is 5.65. The lowest BCUT2D eigenvalue weighted by atomic mass is 9.90. The number of nitrogens with zero attached hydrogens (tertiary/aromatic N) is 1. The van der Waals surface area contributed by atoms with Crippen LogP contribution in [0.25, 0.3) is 0 Å². The van der Waals surface area contributed by atoms with Crippen LogP contribution in [-0.4, -0.2) is 49.2 Å². The molecule has 19 heavy (non-hydrogen) atoms. The van der Waals surface area contributed by atoms with Gasteiger partial charge in [0.1, 0.15) is 0 Å². The Morgan fingerprint density at radius 3 is 2.84 bits per heavy atom. The lowest BCUT2D eigenvalue weighted by molar-refractivity contribution is -0.135. The predicted molar refractivity (Wildman–Crippen MR) is 76.0 cm³/mol. The first-order chi connectivity index (χ1) is 9.24. The lowest BCUT2D eigenvalue weighted by Gasteiger charge is -2.33. The van der Waals surface area contributed by atoms with E-state index in [0.717, 1.165) is 45.5 Å². The molecule has 2 heterocycles. The van der Waals surface area contributed by atoms with Gasteiger partial charge in [0.05, 0.1) is 12.1 Å². The molecule has 4 heteroatoms. The number of piperidine rings is 1. The van der Waals surface area contributed by atoms with Crippen molar-refractivity contribution in [3.63, 3.8) is 0 Å². The molecule has 1 N–H and O–H groups in total. The van der Waals surface area contributed by atoms with Crippen molar-refractivity contribution in [2.45, 2.75) is 58.1 Å². The smallest absolute Gasteiger partial charge is 0.239 e. The van der Waals surface area contributed by atoms with Gasteiger partial charge in [-0.2, -0.15) is 0 Å². The van der Waals surface area contributed by atoms with Crippen molar-refractivity contribution in [1.29, 1.82) is 0 Å². The lowest BCUT2D eigenvalue weighted by Crippen LogP contribution is -2.51. The number of hydrogen-bond acceptors (Lipinski definition) is 3. The molecule has 110 valence electrons. The fraction of sp³-hybridized carbons (Fsp3) is 0.933. The Kier molecular flexibility index (Phi) is 5.64. The molecule has 2 aliphatic heterocycles. The minimum absolute atomic E-state index is 0.0278. The second kappa shape index (κ2) is 7.25. The van der Waals surface area contributed by atoms with E-state index in [1.54, 1.807) is 0 Å². The van der Waals surface area contributed by atoms with Crippen molar-refractivity contribution in [2.24, 2.45) is 5.92 Å². The Bertz CT molecular complexity index is 290. The van der Waals surface area contributed by atoms with Gasteiger partial charge in [0, 0.05) is 19.7 Å². The van der Waals surface area contributed by atoms with Crippen LogP contribution >= 0.6 is 0 Å². The van der Waals surface area contributed by atoms with E-state index in [4.69, 9.17) is 4.74 Å². The summed E-state index contributed by atoms with van der Waals surface area (Å²) in [5.41, 5.74) is 0. The van der Waals surface area contributed by atoms with Crippen molar-refractivity contribution in [1.82, 2.24) is 10.2 Å². The summed E-state index contributed by atoms with van der Waals surface area (Å²) in [7, 11) is 0. The highest BCUT2D eigenvalue weighted by atomic mass is 16.5. The maximum atomic E-state index is 12.6. The van der Waals surface area contributed by atoms with Crippen LogP contribution in [0.15, 0.2) is 0 Å². The fourth-order valence-corrected chi connectivity index (χ4v) is 3.18. The van der Waals surface area contributed by atoms with Crippen molar-refractivity contribution in [3.8, 4) is 0 Å². The number of amides is 1. The summed E-state index contributed by atoms with van der Waals surface area (Å²) in [4.78, 5) is 14.6. The summed E-state index contributed by atoms with van der Waals surface area (Å²) in [5, 5.41) is 3.39. The number of ether oxygens (including phenoxy) is 1. The second-order valence-electron chi connectivity index (χ2n) is 5.82. The largest absolute Gasteiger partial charge is 0.376 e. The second-order valence-corrected chi connectivity index (χ2v) is 5.82. The molecule has 4 nitrogen and oxygen atoms in total. The van der Waals surface area contributed by atoms with Gasteiger partial charge in [-0.05, 0) is 45.1 Å². The molecule has 0 aliphatic carbocycles. The van der Waals surface area contributed by atoms with Gasteiger partial charge in [0.15, 0.2) is 0 Å². The molecule has 2 saturated heterocycles. The molecule has 0 spiro atoms. The molecule has 2 rings (SSSR count). The third-order valence-corrected chi connectivity index (χ3v) is 4.53. The van der Waals surface area contributed by atoms with Gasteiger partial charge < -0.3 is 15.0 Å². The summed E-state index contributed by atoms with van der Waals surface area (Å²) >= 11 is 0. The van der Waals surface area contributed by atoms with E-state index >= 15 is 0 Å². The van der Waals surface area contributed by atoms with E-state index in [1.807, 2.05) is 4.90 Å². The number of carbonyl (C=O) groups excluding carboxylic acids is 1. The molecule has 2 fully saturated rings. The zero-order valence-corrected chi connectivity index (χ0v) is 12.4. The van der Waals surface area contributed by atoms with E-state index in [1.165, 1.54) is 12.8 Å². The fourth-order valence-electron chi connectivity index (χ4n) is 3.18. The van der Waals surface area contributed by atoms with Gasteiger partial charge in [-0.15, -0.1) is 0 Å². The average Bonchev–Trinajstić information content (AvgIpc) is 2.97. The van der Waals surface area contributed by atoms with Crippen molar-refractivity contribution < 1.29 is 9.53 Å². The maximum Gasteiger partial charge on any atom is 0.239 e. The highest BCUT2D eigenvalue weighted by Crippen LogP contribution is 2.21. The van der Waals surface area contributed by atoms with Crippen LogP contribution in [0.3, 0.4) is 0 Å². The molecule has 1 amide bonds. The van der Waals surface area contributed by atoms with E-state index in [2.05, 4.69) is 19.2 Å². The van der Waals surface area contributed by atoms with Crippen LogP contribution in [0.4, 0.5) is 0 Å². The molecule has 2 aliphatic rings. The van der Waals surface area contributed by atoms with Crippen LogP contribution in [0, 0.1) is 5.92 Å². The predicted octanol–water partition coefficient (Wildman–Crippen LogP) is 1.79. The SMILES string of the molecule is CCC1CCNC(C(=O)N(CC)CC2CCCO2)C1. The van der Waals surface area contributed by atoms with Gasteiger partial charge in [-0.1, -0.05) is 13.3 Å². The Balaban J connectivity index is 1.87. The highest BCUT2D eigenvalue weighted by molar-refractivity contribution is 5.82. The quantitative estimate of drug-likeness (QED) is 0.826. The van der Waals surface area contributed by atoms with Gasteiger partial charge in [-0.3, -0.25) is 4.79 Å². The molecule has 0 aromatic heterocycles. The van der Waals surface area contributed by atoms with Crippen molar-refractivity contribution >= 4 is 5.91 Å². The molecule has 0 radical (unpaired) electrons. The first-order valence-corrected chi connectivity index (χ1v) is 7.88. The topological polar surface area (TPSA) is 41.6 Å². The summed E-state index contributed by atoms with van der Waals surface area (Å²) in [6, 6.07) is 0.0278. The van der Waals surface area contributed by atoms with Crippen LogP contribution in [0.1, 0.15) is 46.0 Å². The molecule has 3 atom stereocenters. The van der Waals surface area contributed by atoms with E-state index in [0.29, 0.717) is 5.92 Å². The van der Waals surface area contributed by atoms with Crippen LogP contribution in [0.5, 0.6) is 0 Å². The first kappa shape index (κ1) is 14.8.